The van der Waals surface area contributed by atoms with Crippen molar-refractivity contribution in [3.05, 3.63) is 35.6 Å². The van der Waals surface area contributed by atoms with Crippen LogP contribution in [0.2, 0.25) is 0 Å². The molecular weight excluding hydrogens is 325 g/mol. The Bertz CT molecular complexity index is 691. The van der Waals surface area contributed by atoms with Crippen LogP contribution in [0.15, 0.2) is 24.3 Å². The molecule has 0 radical (unpaired) electrons. The minimum atomic E-state index is -0.470. The number of Topliss-reactive ketones (excluding diaryl/α,β-unsaturated/α-hetero) is 1. The lowest BCUT2D eigenvalue weighted by molar-refractivity contribution is -0.165. The molecule has 2 atom stereocenters. The molecule has 2 heterocycles. The molecule has 1 aromatic carbocycles. The molecule has 134 valence electrons. The van der Waals surface area contributed by atoms with Gasteiger partial charge in [0.25, 0.3) is 5.91 Å². The van der Waals surface area contributed by atoms with E-state index in [9.17, 15) is 18.8 Å². The lowest BCUT2D eigenvalue weighted by Crippen LogP contribution is -2.69. The summed E-state index contributed by atoms with van der Waals surface area (Å²) in [5.74, 6) is -1.30. The van der Waals surface area contributed by atoms with E-state index in [0.717, 1.165) is 18.4 Å². The van der Waals surface area contributed by atoms with E-state index >= 15 is 0 Å². The number of fused-ring (bicyclic) bond motifs is 1. The van der Waals surface area contributed by atoms with Crippen molar-refractivity contribution in [3.8, 4) is 0 Å². The van der Waals surface area contributed by atoms with Crippen molar-refractivity contribution in [1.82, 2.24) is 14.7 Å². The molecular formula is C18H22FN3O3. The van der Waals surface area contributed by atoms with Crippen molar-refractivity contribution >= 4 is 17.6 Å². The van der Waals surface area contributed by atoms with Crippen LogP contribution in [-0.2, 0) is 20.9 Å². The first-order valence-corrected chi connectivity index (χ1v) is 8.44. The highest BCUT2D eigenvalue weighted by atomic mass is 19.1. The van der Waals surface area contributed by atoms with Crippen LogP contribution < -0.4 is 0 Å². The molecule has 6 nitrogen and oxygen atoms in total. The summed E-state index contributed by atoms with van der Waals surface area (Å²) >= 11 is 0. The van der Waals surface area contributed by atoms with Gasteiger partial charge in [0.15, 0.2) is 0 Å². The second-order valence-electron chi connectivity index (χ2n) is 6.71. The Hall–Kier alpha value is -2.28. The third kappa shape index (κ3) is 3.42. The van der Waals surface area contributed by atoms with Gasteiger partial charge >= 0.3 is 0 Å². The average Bonchev–Trinajstić information content (AvgIpc) is 2.60. The summed E-state index contributed by atoms with van der Waals surface area (Å²) in [4.78, 5) is 41.5. The lowest BCUT2D eigenvalue weighted by atomic mass is 9.95. The van der Waals surface area contributed by atoms with Crippen LogP contribution in [0, 0.1) is 5.82 Å². The molecule has 7 heteroatoms. The first-order chi connectivity index (χ1) is 11.9. The summed E-state index contributed by atoms with van der Waals surface area (Å²) < 4.78 is 13.1. The van der Waals surface area contributed by atoms with Gasteiger partial charge in [-0.05, 0) is 30.5 Å². The molecule has 0 aromatic heterocycles. The molecule has 2 aliphatic heterocycles. The first-order valence-electron chi connectivity index (χ1n) is 8.44. The third-order valence-electron chi connectivity index (χ3n) is 5.08. The van der Waals surface area contributed by atoms with Crippen LogP contribution in [0.4, 0.5) is 4.39 Å². The second-order valence-corrected chi connectivity index (χ2v) is 6.71. The lowest BCUT2D eigenvalue weighted by Gasteiger charge is -2.51. The zero-order valence-electron chi connectivity index (χ0n) is 14.4. The van der Waals surface area contributed by atoms with Gasteiger partial charge in [-0.25, -0.2) is 4.39 Å². The van der Waals surface area contributed by atoms with Crippen molar-refractivity contribution in [3.63, 3.8) is 0 Å². The van der Waals surface area contributed by atoms with E-state index in [2.05, 4.69) is 0 Å². The van der Waals surface area contributed by atoms with Crippen LogP contribution in [0.25, 0.3) is 0 Å². The summed E-state index contributed by atoms with van der Waals surface area (Å²) in [5.41, 5.74) is 0.860. The molecule has 1 aromatic rings. The highest BCUT2D eigenvalue weighted by Gasteiger charge is 2.46. The van der Waals surface area contributed by atoms with Crippen LogP contribution >= 0.6 is 0 Å². The van der Waals surface area contributed by atoms with Gasteiger partial charge in [0.2, 0.25) is 11.7 Å². The van der Waals surface area contributed by atoms with Gasteiger partial charge < -0.3 is 9.80 Å². The number of hydrogen-bond acceptors (Lipinski definition) is 4. The van der Waals surface area contributed by atoms with Crippen molar-refractivity contribution in [2.24, 2.45) is 0 Å². The molecule has 0 N–H and O–H groups in total. The molecule has 0 spiro atoms. The quantitative estimate of drug-likeness (QED) is 0.766. The van der Waals surface area contributed by atoms with Gasteiger partial charge in [-0.2, -0.15) is 0 Å². The van der Waals surface area contributed by atoms with Crippen LogP contribution in [0.3, 0.4) is 0 Å². The minimum Gasteiger partial charge on any atom is -0.340 e. The Labute approximate surface area is 146 Å². The van der Waals surface area contributed by atoms with E-state index in [1.807, 2.05) is 4.90 Å². The molecule has 2 fully saturated rings. The molecule has 2 aliphatic rings. The van der Waals surface area contributed by atoms with E-state index in [-0.39, 0.29) is 30.5 Å². The maximum absolute atomic E-state index is 13.1. The second kappa shape index (κ2) is 6.92. The number of carbonyl (C=O) groups excluding carboxylic acids is 3. The van der Waals surface area contributed by atoms with Gasteiger partial charge in [-0.3, -0.25) is 19.3 Å². The number of likely N-dealkylation sites (N-methyl/N-ethyl adjacent to an activating group) is 1. The average molecular weight is 347 g/mol. The third-order valence-corrected chi connectivity index (χ3v) is 5.08. The molecule has 2 saturated heterocycles. The summed E-state index contributed by atoms with van der Waals surface area (Å²) in [6, 6.07) is 5.94. The zero-order valence-corrected chi connectivity index (χ0v) is 14.4. The summed E-state index contributed by atoms with van der Waals surface area (Å²) in [6.45, 7) is 2.44. The van der Waals surface area contributed by atoms with E-state index in [0.29, 0.717) is 13.1 Å². The summed E-state index contributed by atoms with van der Waals surface area (Å²) in [6.07, 6.45) is 1.19. The maximum atomic E-state index is 13.1. The Morgan fingerprint density at radius 2 is 1.96 bits per heavy atom. The van der Waals surface area contributed by atoms with Crippen LogP contribution in [-0.4, -0.2) is 64.6 Å². The fourth-order valence-corrected chi connectivity index (χ4v) is 3.73. The number of benzene rings is 1. The van der Waals surface area contributed by atoms with Crippen LogP contribution in [0.5, 0.6) is 0 Å². The topological polar surface area (TPSA) is 60.9 Å². The van der Waals surface area contributed by atoms with Gasteiger partial charge in [-0.1, -0.05) is 12.1 Å². The maximum Gasteiger partial charge on any atom is 0.292 e. The predicted molar refractivity (Wildman–Crippen MR) is 88.8 cm³/mol. The molecule has 25 heavy (non-hydrogen) atoms. The van der Waals surface area contributed by atoms with Crippen molar-refractivity contribution in [2.75, 3.05) is 20.1 Å². The van der Waals surface area contributed by atoms with Crippen molar-refractivity contribution < 1.29 is 18.8 Å². The van der Waals surface area contributed by atoms with E-state index in [1.165, 1.54) is 19.1 Å². The van der Waals surface area contributed by atoms with E-state index in [1.54, 1.807) is 29.0 Å². The molecule has 2 amide bonds. The number of hydrogen-bond donors (Lipinski definition) is 0. The highest BCUT2D eigenvalue weighted by Crippen LogP contribution is 2.29. The number of rotatable bonds is 3. The normalized spacial score (nSPS) is 24.2. The molecule has 0 aliphatic carbocycles. The number of amides is 2. The fourth-order valence-electron chi connectivity index (χ4n) is 3.73. The number of halogens is 1. The van der Waals surface area contributed by atoms with E-state index < -0.39 is 11.7 Å². The zero-order chi connectivity index (χ0) is 18.1. The number of nitrogens with zero attached hydrogens (tertiary/aromatic N) is 3. The summed E-state index contributed by atoms with van der Waals surface area (Å²) in [5, 5.41) is 0. The molecule has 2 unspecified atom stereocenters. The molecule has 0 saturated carbocycles. The number of piperidine rings is 1. The largest absolute Gasteiger partial charge is 0.340 e. The van der Waals surface area contributed by atoms with Crippen LogP contribution in [0.1, 0.15) is 25.3 Å². The van der Waals surface area contributed by atoms with Gasteiger partial charge in [0.1, 0.15) is 12.0 Å². The first kappa shape index (κ1) is 17.5. The number of carbonyl (C=O) groups is 3. The Morgan fingerprint density at radius 1 is 1.28 bits per heavy atom. The molecule has 0 bridgehead atoms. The number of ketones is 1. The standard InChI is InChI=1S/C18H22FN3O3/c1-12(23)20(2)15-4-3-9-22-17(15)21(11-16(24)18(22)25)10-13-5-7-14(19)8-6-13/h5-8,15,17H,3-4,9-11H2,1-2H3. The van der Waals surface area contributed by atoms with Gasteiger partial charge in [-0.15, -0.1) is 0 Å². The van der Waals surface area contributed by atoms with E-state index in [4.69, 9.17) is 0 Å². The summed E-state index contributed by atoms with van der Waals surface area (Å²) in [7, 11) is 1.73. The van der Waals surface area contributed by atoms with Gasteiger partial charge in [0.05, 0.1) is 12.6 Å². The van der Waals surface area contributed by atoms with Gasteiger partial charge in [0, 0.05) is 27.1 Å². The Balaban J connectivity index is 1.90. The minimum absolute atomic E-state index is 0.0135. The van der Waals surface area contributed by atoms with Crippen molar-refractivity contribution in [2.45, 2.75) is 38.5 Å². The predicted octanol–water partition coefficient (Wildman–Crippen LogP) is 1.01. The fraction of sp³-hybridized carbons (Fsp3) is 0.500. The highest BCUT2D eigenvalue weighted by molar-refractivity contribution is 6.37. The SMILES string of the molecule is CC(=O)N(C)C1CCCN2C(=O)C(=O)CN(Cc3ccc(F)cc3)C12. The Morgan fingerprint density at radius 3 is 2.60 bits per heavy atom. The smallest absolute Gasteiger partial charge is 0.292 e. The van der Waals surface area contributed by atoms with Crippen molar-refractivity contribution in [1.29, 1.82) is 0 Å². The monoisotopic (exact) mass is 347 g/mol. The molecule has 3 rings (SSSR count). The Kier molecular flexibility index (Phi) is 4.85.